The lowest BCUT2D eigenvalue weighted by molar-refractivity contribution is -0.146. The van der Waals surface area contributed by atoms with Crippen LogP contribution in [0, 0.1) is 5.82 Å². The largest absolute Gasteiger partial charge is 0.468 e. The maximum atomic E-state index is 13.2. The molecule has 4 nitrogen and oxygen atoms in total. The van der Waals surface area contributed by atoms with Gasteiger partial charge in [0.25, 0.3) is 0 Å². The predicted molar refractivity (Wildman–Crippen MR) is 145 cm³/mol. The summed E-state index contributed by atoms with van der Waals surface area (Å²) < 4.78 is 20.2. The Kier molecular flexibility index (Phi) is 6.62. The average Bonchev–Trinajstić information content (AvgIpc) is 3.36. The van der Waals surface area contributed by atoms with Crippen molar-refractivity contribution in [1.29, 1.82) is 0 Å². The summed E-state index contributed by atoms with van der Waals surface area (Å²) in [6.07, 6.45) is 5.68. The van der Waals surface area contributed by atoms with Crippen molar-refractivity contribution >= 4 is 11.6 Å². The molecule has 3 aromatic carbocycles. The van der Waals surface area contributed by atoms with Crippen LogP contribution in [0.1, 0.15) is 30.5 Å². The second-order valence-electron chi connectivity index (χ2n) is 9.81. The zero-order valence-corrected chi connectivity index (χ0v) is 21.2. The highest BCUT2D eigenvalue weighted by molar-refractivity contribution is 5.82. The fraction of sp³-hybridized carbons (Fsp3) is 0.188. The Bertz CT molecular complexity index is 1550. The van der Waals surface area contributed by atoms with E-state index in [1.165, 1.54) is 24.8 Å². The topological polar surface area (TPSA) is 43.6 Å². The van der Waals surface area contributed by atoms with Gasteiger partial charge in [-0.25, -0.2) is 9.37 Å². The van der Waals surface area contributed by atoms with Crippen molar-refractivity contribution in [2.24, 2.45) is 0 Å². The molecule has 0 aliphatic carbocycles. The fourth-order valence-electron chi connectivity index (χ4n) is 4.65. The van der Waals surface area contributed by atoms with E-state index in [1.807, 2.05) is 62.6 Å². The van der Waals surface area contributed by atoms with E-state index in [9.17, 15) is 9.18 Å². The molecule has 0 amide bonds. The van der Waals surface area contributed by atoms with Gasteiger partial charge in [0.2, 0.25) is 0 Å². The second kappa shape index (κ2) is 10.0. The molecule has 5 rings (SSSR count). The van der Waals surface area contributed by atoms with Crippen molar-refractivity contribution in [3.8, 4) is 22.4 Å². The summed E-state index contributed by atoms with van der Waals surface area (Å²) in [5.41, 5.74) is 7.66. The van der Waals surface area contributed by atoms with Crippen LogP contribution in [0.2, 0.25) is 0 Å². The first kappa shape index (κ1) is 24.4. The Morgan fingerprint density at radius 3 is 2.32 bits per heavy atom. The summed E-state index contributed by atoms with van der Waals surface area (Å²) in [5.74, 6) is -0.466. The molecule has 0 aliphatic rings. The zero-order chi connectivity index (χ0) is 26.0. The first-order chi connectivity index (χ1) is 17.8. The Morgan fingerprint density at radius 1 is 0.865 bits per heavy atom. The first-order valence-corrected chi connectivity index (χ1v) is 12.4. The number of nitrogens with zero attached hydrogens (tertiary/aromatic N) is 2. The van der Waals surface area contributed by atoms with Gasteiger partial charge in [-0.15, -0.1) is 0 Å². The highest BCUT2D eigenvalue weighted by Crippen LogP contribution is 2.29. The predicted octanol–water partition coefficient (Wildman–Crippen LogP) is 7.04. The van der Waals surface area contributed by atoms with Crippen LogP contribution in [0.15, 0.2) is 97.3 Å². The number of carbonyl (C=O) groups excluding carboxylic acids is 1. The van der Waals surface area contributed by atoms with E-state index in [0.29, 0.717) is 0 Å². The molecule has 186 valence electrons. The second-order valence-corrected chi connectivity index (χ2v) is 9.81. The minimum Gasteiger partial charge on any atom is -0.468 e. The fourth-order valence-corrected chi connectivity index (χ4v) is 4.65. The minimum absolute atomic E-state index is 0.207. The molecule has 5 aromatic rings. The van der Waals surface area contributed by atoms with E-state index in [-0.39, 0.29) is 11.8 Å². The monoisotopic (exact) mass is 492 g/mol. The number of halogens is 1. The molecule has 5 heteroatoms. The number of methoxy groups -OCH3 is 1. The standard InChI is InChI=1S/C32H29FN2O2/c1-32(2,31(36)37-3)27-13-11-24(12-14-27)25-17-18-35-29(21-34-30(35)20-25)26-6-4-5-23(19-26)8-7-22-9-15-28(33)16-10-22/h4-6,9-21H,7-8H2,1-3H3. The molecule has 2 heterocycles. The third-order valence-corrected chi connectivity index (χ3v) is 6.99. The molecule has 0 spiro atoms. The number of aromatic nitrogens is 2. The van der Waals surface area contributed by atoms with Crippen LogP contribution in [0.5, 0.6) is 0 Å². The van der Waals surface area contributed by atoms with Gasteiger partial charge in [0.05, 0.1) is 24.4 Å². The van der Waals surface area contributed by atoms with Crippen molar-refractivity contribution in [1.82, 2.24) is 9.38 Å². The normalized spacial score (nSPS) is 11.6. The van der Waals surface area contributed by atoms with Gasteiger partial charge in [0.15, 0.2) is 0 Å². The van der Waals surface area contributed by atoms with Crippen LogP contribution in [0.4, 0.5) is 4.39 Å². The summed E-state index contributed by atoms with van der Waals surface area (Å²) in [6.45, 7) is 3.73. The summed E-state index contributed by atoms with van der Waals surface area (Å²) in [6, 6.07) is 27.4. The van der Waals surface area contributed by atoms with Crippen LogP contribution in [-0.2, 0) is 27.8 Å². The lowest BCUT2D eigenvalue weighted by atomic mass is 9.84. The average molecular weight is 493 g/mol. The molecule has 2 aromatic heterocycles. The van der Waals surface area contributed by atoms with Gasteiger partial charge in [-0.2, -0.15) is 0 Å². The number of carbonyl (C=O) groups is 1. The number of ether oxygens (including phenoxy) is 1. The Balaban J connectivity index is 1.37. The molecule has 0 saturated heterocycles. The van der Waals surface area contributed by atoms with Gasteiger partial charge < -0.3 is 4.74 Å². The Morgan fingerprint density at radius 2 is 1.59 bits per heavy atom. The summed E-state index contributed by atoms with van der Waals surface area (Å²) in [7, 11) is 1.41. The minimum atomic E-state index is -0.706. The van der Waals surface area contributed by atoms with E-state index >= 15 is 0 Å². The molecule has 0 bridgehead atoms. The number of aryl methyl sites for hydroxylation is 2. The quantitative estimate of drug-likeness (QED) is 0.229. The van der Waals surface area contributed by atoms with Gasteiger partial charge in [-0.3, -0.25) is 9.20 Å². The number of hydrogen-bond acceptors (Lipinski definition) is 3. The zero-order valence-electron chi connectivity index (χ0n) is 21.2. The van der Waals surface area contributed by atoms with Gasteiger partial charge in [0, 0.05) is 11.8 Å². The molecule has 0 saturated carbocycles. The van der Waals surface area contributed by atoms with Crippen molar-refractivity contribution in [3.63, 3.8) is 0 Å². The Hall–Kier alpha value is -4.25. The van der Waals surface area contributed by atoms with Crippen LogP contribution in [0.3, 0.4) is 0 Å². The molecule has 0 N–H and O–H groups in total. The van der Waals surface area contributed by atoms with Crippen LogP contribution < -0.4 is 0 Å². The van der Waals surface area contributed by atoms with Gasteiger partial charge >= 0.3 is 5.97 Å². The SMILES string of the molecule is COC(=O)C(C)(C)c1ccc(-c2ccn3c(-c4cccc(CCc5ccc(F)cc5)c4)cnc3c2)cc1. The number of imidazole rings is 1. The molecule has 0 unspecified atom stereocenters. The van der Waals surface area contributed by atoms with E-state index in [2.05, 4.69) is 45.8 Å². The number of benzene rings is 3. The van der Waals surface area contributed by atoms with Crippen molar-refractivity contribution in [2.75, 3.05) is 7.11 Å². The lowest BCUT2D eigenvalue weighted by Gasteiger charge is -2.22. The Labute approximate surface area is 216 Å². The highest BCUT2D eigenvalue weighted by Gasteiger charge is 2.30. The number of pyridine rings is 1. The summed E-state index contributed by atoms with van der Waals surface area (Å²) in [4.78, 5) is 16.8. The van der Waals surface area contributed by atoms with Gasteiger partial charge in [0.1, 0.15) is 11.5 Å². The number of rotatable bonds is 7. The summed E-state index contributed by atoms with van der Waals surface area (Å²) >= 11 is 0. The lowest BCUT2D eigenvalue weighted by Crippen LogP contribution is -2.30. The van der Waals surface area contributed by atoms with E-state index < -0.39 is 5.41 Å². The van der Waals surface area contributed by atoms with Crippen LogP contribution >= 0.6 is 0 Å². The van der Waals surface area contributed by atoms with E-state index in [0.717, 1.165) is 52.0 Å². The number of esters is 1. The molecular formula is C32H29FN2O2. The van der Waals surface area contributed by atoms with Gasteiger partial charge in [-0.1, -0.05) is 54.6 Å². The molecule has 0 radical (unpaired) electrons. The third-order valence-electron chi connectivity index (χ3n) is 6.99. The third kappa shape index (κ3) is 5.03. The van der Waals surface area contributed by atoms with Crippen molar-refractivity contribution < 1.29 is 13.9 Å². The number of fused-ring (bicyclic) bond motifs is 1. The molecular weight excluding hydrogens is 463 g/mol. The van der Waals surface area contributed by atoms with E-state index in [4.69, 9.17) is 4.74 Å². The van der Waals surface area contributed by atoms with Crippen LogP contribution in [0.25, 0.3) is 28.0 Å². The molecule has 0 fully saturated rings. The highest BCUT2D eigenvalue weighted by atomic mass is 19.1. The molecule has 37 heavy (non-hydrogen) atoms. The van der Waals surface area contributed by atoms with E-state index in [1.54, 1.807) is 0 Å². The maximum absolute atomic E-state index is 13.2. The smallest absolute Gasteiger partial charge is 0.315 e. The van der Waals surface area contributed by atoms with Gasteiger partial charge in [-0.05, 0) is 84.8 Å². The van der Waals surface area contributed by atoms with Crippen LogP contribution in [-0.4, -0.2) is 22.5 Å². The first-order valence-electron chi connectivity index (χ1n) is 12.4. The maximum Gasteiger partial charge on any atom is 0.315 e. The van der Waals surface area contributed by atoms with Crippen molar-refractivity contribution in [3.05, 3.63) is 120 Å². The number of hydrogen-bond donors (Lipinski definition) is 0. The van der Waals surface area contributed by atoms with Crippen molar-refractivity contribution in [2.45, 2.75) is 32.1 Å². The molecule has 0 aliphatic heterocycles. The summed E-state index contributed by atoms with van der Waals surface area (Å²) in [5, 5.41) is 0. The molecule has 0 atom stereocenters.